The first-order valence-corrected chi connectivity index (χ1v) is 16.5. The Kier molecular flexibility index (Phi) is 12.6. The van der Waals surface area contributed by atoms with Crippen LogP contribution in [0, 0.1) is 5.41 Å². The van der Waals surface area contributed by atoms with E-state index >= 15 is 0 Å². The molecule has 47 heavy (non-hydrogen) atoms. The van der Waals surface area contributed by atoms with Gasteiger partial charge >= 0.3 is 6.18 Å². The predicted octanol–water partition coefficient (Wildman–Crippen LogP) is 8.41. The van der Waals surface area contributed by atoms with Crippen LogP contribution in [0.2, 0.25) is 0 Å². The number of rotatable bonds is 18. The van der Waals surface area contributed by atoms with Crippen LogP contribution >= 0.6 is 0 Å². The van der Waals surface area contributed by atoms with Crippen molar-refractivity contribution < 1.29 is 22.7 Å². The molecule has 0 saturated carbocycles. The lowest BCUT2D eigenvalue weighted by atomic mass is 9.84. The van der Waals surface area contributed by atoms with Crippen LogP contribution in [0.1, 0.15) is 82.7 Å². The molecule has 0 saturated heterocycles. The highest BCUT2D eigenvalue weighted by atomic mass is 19.4. The quantitative estimate of drug-likeness (QED) is 0.0642. The van der Waals surface area contributed by atoms with Gasteiger partial charge in [-0.1, -0.05) is 52.7 Å². The van der Waals surface area contributed by atoms with E-state index < -0.39 is 12.7 Å². The van der Waals surface area contributed by atoms with Crippen molar-refractivity contribution in [3.8, 4) is 22.5 Å². The van der Waals surface area contributed by atoms with E-state index in [2.05, 4.69) is 43.5 Å². The summed E-state index contributed by atoms with van der Waals surface area (Å²) in [4.78, 5) is 20.0. The van der Waals surface area contributed by atoms with Gasteiger partial charge in [0.1, 0.15) is 6.54 Å². The Labute approximate surface area is 276 Å². The summed E-state index contributed by atoms with van der Waals surface area (Å²) in [5, 5.41) is 0.787. The number of amides is 1. The molecule has 1 amide bonds. The molecule has 7 nitrogen and oxygen atoms in total. The van der Waals surface area contributed by atoms with Crippen LogP contribution in [0.15, 0.2) is 54.7 Å². The van der Waals surface area contributed by atoms with Crippen molar-refractivity contribution in [1.29, 1.82) is 0 Å². The van der Waals surface area contributed by atoms with Crippen LogP contribution in [-0.2, 0) is 28.9 Å². The van der Waals surface area contributed by atoms with Crippen LogP contribution < -0.4 is 10.9 Å². The maximum atomic E-state index is 14.3. The zero-order valence-electron chi connectivity index (χ0n) is 28.2. The molecule has 0 spiro atoms. The van der Waals surface area contributed by atoms with Gasteiger partial charge in [0.05, 0.1) is 23.7 Å². The highest BCUT2D eigenvalue weighted by Gasteiger charge is 2.34. The predicted molar refractivity (Wildman–Crippen MR) is 182 cm³/mol. The van der Waals surface area contributed by atoms with E-state index in [1.807, 2.05) is 48.5 Å². The van der Waals surface area contributed by atoms with Crippen LogP contribution in [-0.4, -0.2) is 47.4 Å². The number of hydrogen-bond acceptors (Lipinski definition) is 5. The lowest BCUT2D eigenvalue weighted by Gasteiger charge is -2.25. The average molecular weight is 652 g/mol. The molecule has 1 unspecified atom stereocenters. The van der Waals surface area contributed by atoms with E-state index in [1.165, 1.54) is 4.57 Å². The van der Waals surface area contributed by atoms with Gasteiger partial charge in [-0.2, -0.15) is 13.2 Å². The first-order chi connectivity index (χ1) is 22.5. The molecular formula is C37H48F3N5O2. The van der Waals surface area contributed by atoms with Crippen molar-refractivity contribution in [3.05, 3.63) is 71.7 Å². The number of carbonyl (C=O) groups excluding carboxylic acids is 1. The maximum Gasteiger partial charge on any atom is 0.406 e. The zero-order chi connectivity index (χ0) is 34.0. The standard InChI is InChI=1S/C37H48F3N5O2/c1-6-26(2)34-29(15-12-19-41-34)35-31(22-36(3,4)24-47-5)30-21-27(17-18-33(30)45(35)23-37(38,39)40)32-16-11-14-28(44-32)13-9-7-8-10-20-42-43-25-46/h11-12,14-19,21,25-26,42H,6-10,13,20,22-24H2,1-5H3,(H,43,46). The number of alkyl halides is 3. The number of carbonyl (C=O) groups is 1. The Hall–Kier alpha value is -3.76. The average Bonchev–Trinajstić information content (AvgIpc) is 3.31. The van der Waals surface area contributed by atoms with Gasteiger partial charge in [0, 0.05) is 47.6 Å². The van der Waals surface area contributed by atoms with Crippen molar-refractivity contribution >= 4 is 17.3 Å². The molecule has 1 atom stereocenters. The fourth-order valence-corrected chi connectivity index (χ4v) is 6.30. The van der Waals surface area contributed by atoms with E-state index in [1.54, 1.807) is 13.3 Å². The summed E-state index contributed by atoms with van der Waals surface area (Å²) in [5.74, 6) is 0.0713. The molecule has 0 bridgehead atoms. The number of nitrogens with zero attached hydrogens (tertiary/aromatic N) is 3. The van der Waals surface area contributed by atoms with Gasteiger partial charge in [-0.25, -0.2) is 5.43 Å². The number of nitrogens with one attached hydrogen (secondary N) is 2. The molecule has 254 valence electrons. The Morgan fingerprint density at radius 2 is 1.83 bits per heavy atom. The van der Waals surface area contributed by atoms with Crippen LogP contribution in [0.3, 0.4) is 0 Å². The molecule has 2 N–H and O–H groups in total. The van der Waals surface area contributed by atoms with Gasteiger partial charge in [-0.05, 0) is 85.4 Å². The van der Waals surface area contributed by atoms with E-state index in [-0.39, 0.29) is 11.3 Å². The minimum absolute atomic E-state index is 0.0713. The Morgan fingerprint density at radius 1 is 1.04 bits per heavy atom. The number of benzene rings is 1. The topological polar surface area (TPSA) is 81.1 Å². The number of fused-ring (bicyclic) bond motifs is 1. The largest absolute Gasteiger partial charge is 0.406 e. The summed E-state index contributed by atoms with van der Waals surface area (Å²) >= 11 is 0. The highest BCUT2D eigenvalue weighted by molar-refractivity contribution is 5.95. The molecule has 10 heteroatoms. The second kappa shape index (κ2) is 16.4. The maximum absolute atomic E-state index is 14.3. The van der Waals surface area contributed by atoms with Crippen molar-refractivity contribution in [2.24, 2.45) is 5.41 Å². The monoisotopic (exact) mass is 651 g/mol. The fourth-order valence-electron chi connectivity index (χ4n) is 6.30. The number of hydrazine groups is 1. The summed E-state index contributed by atoms with van der Waals surface area (Å²) < 4.78 is 49.8. The lowest BCUT2D eigenvalue weighted by molar-refractivity contribution is -0.139. The Morgan fingerprint density at radius 3 is 2.55 bits per heavy atom. The van der Waals surface area contributed by atoms with Gasteiger partial charge in [-0.15, -0.1) is 0 Å². The number of aryl methyl sites for hydroxylation is 1. The van der Waals surface area contributed by atoms with Gasteiger partial charge in [0.15, 0.2) is 0 Å². The zero-order valence-corrected chi connectivity index (χ0v) is 28.2. The van der Waals surface area contributed by atoms with Crippen molar-refractivity contribution in [1.82, 2.24) is 25.4 Å². The number of halogens is 3. The summed E-state index contributed by atoms with van der Waals surface area (Å²) in [5.41, 5.74) is 11.1. The minimum Gasteiger partial charge on any atom is -0.384 e. The molecular weight excluding hydrogens is 603 g/mol. The third-order valence-electron chi connectivity index (χ3n) is 8.62. The second-order valence-electron chi connectivity index (χ2n) is 13.1. The van der Waals surface area contributed by atoms with Gasteiger partial charge < -0.3 is 9.30 Å². The third-order valence-corrected chi connectivity index (χ3v) is 8.62. The summed E-state index contributed by atoms with van der Waals surface area (Å²) in [6.45, 7) is 8.38. The second-order valence-corrected chi connectivity index (χ2v) is 13.1. The van der Waals surface area contributed by atoms with E-state index in [0.29, 0.717) is 30.6 Å². The highest BCUT2D eigenvalue weighted by Crippen LogP contribution is 2.42. The third kappa shape index (κ3) is 9.64. The van der Waals surface area contributed by atoms with Gasteiger partial charge in [0.2, 0.25) is 6.41 Å². The van der Waals surface area contributed by atoms with Gasteiger partial charge in [-0.3, -0.25) is 20.2 Å². The van der Waals surface area contributed by atoms with E-state index in [9.17, 15) is 18.0 Å². The first-order valence-electron chi connectivity index (χ1n) is 16.5. The normalized spacial score (nSPS) is 12.9. The van der Waals surface area contributed by atoms with E-state index in [4.69, 9.17) is 9.72 Å². The van der Waals surface area contributed by atoms with Crippen molar-refractivity contribution in [2.45, 2.75) is 91.3 Å². The van der Waals surface area contributed by atoms with E-state index in [0.717, 1.165) is 84.2 Å². The number of unbranched alkanes of at least 4 members (excludes halogenated alkanes) is 3. The molecule has 0 aliphatic rings. The SMILES string of the molecule is CCC(C)c1ncccc1-c1c(CC(C)(C)COC)c2cc(-c3cccc(CCCCCCNNC=O)n3)ccc2n1CC(F)(F)F. The van der Waals surface area contributed by atoms with Crippen molar-refractivity contribution in [2.75, 3.05) is 20.3 Å². The lowest BCUT2D eigenvalue weighted by Crippen LogP contribution is -2.30. The molecule has 3 heterocycles. The number of methoxy groups -OCH3 is 1. The summed E-state index contributed by atoms with van der Waals surface area (Å²) in [6.07, 6.45) is 4.13. The molecule has 0 radical (unpaired) electrons. The molecule has 0 aliphatic heterocycles. The smallest absolute Gasteiger partial charge is 0.384 e. The summed E-state index contributed by atoms with van der Waals surface area (Å²) in [7, 11) is 1.65. The Bertz CT molecular complexity index is 1620. The molecule has 3 aromatic heterocycles. The molecule has 4 rings (SSSR count). The molecule has 0 fully saturated rings. The molecule has 4 aromatic rings. The minimum atomic E-state index is -4.42. The first kappa shape index (κ1) is 36.1. The van der Waals surface area contributed by atoms with Crippen LogP contribution in [0.25, 0.3) is 33.4 Å². The van der Waals surface area contributed by atoms with Crippen LogP contribution in [0.5, 0.6) is 0 Å². The summed E-state index contributed by atoms with van der Waals surface area (Å²) in [6, 6.07) is 15.4. The van der Waals surface area contributed by atoms with Crippen molar-refractivity contribution in [3.63, 3.8) is 0 Å². The fraction of sp³-hybridized carbons (Fsp3) is 0.486. The number of hydrogen-bond donors (Lipinski definition) is 2. The molecule has 0 aliphatic carbocycles. The molecule has 1 aromatic carbocycles. The van der Waals surface area contributed by atoms with Crippen LogP contribution in [0.4, 0.5) is 13.2 Å². The Balaban J connectivity index is 1.79. The van der Waals surface area contributed by atoms with Gasteiger partial charge in [0.25, 0.3) is 0 Å². The number of pyridine rings is 2. The number of ether oxygens (including phenoxy) is 1. The number of aromatic nitrogens is 3.